The van der Waals surface area contributed by atoms with Gasteiger partial charge in [-0.05, 0) is 23.6 Å². The summed E-state index contributed by atoms with van der Waals surface area (Å²) < 4.78 is 10.8. The van der Waals surface area contributed by atoms with E-state index in [1.807, 2.05) is 6.07 Å². The molecule has 0 bridgehead atoms. The Morgan fingerprint density at radius 2 is 2.26 bits per heavy atom. The van der Waals surface area contributed by atoms with Gasteiger partial charge in [0.05, 0.1) is 12.8 Å². The summed E-state index contributed by atoms with van der Waals surface area (Å²) in [5, 5.41) is 4.67. The van der Waals surface area contributed by atoms with E-state index >= 15 is 0 Å². The van der Waals surface area contributed by atoms with Crippen LogP contribution in [-0.4, -0.2) is 53.9 Å². The number of allylic oxidation sites excluding steroid dienone is 1. The van der Waals surface area contributed by atoms with Crippen LogP contribution in [0.5, 0.6) is 5.75 Å². The molecule has 1 unspecified atom stereocenters. The highest BCUT2D eigenvalue weighted by atomic mass is 32.2. The standard InChI is InChI=1S/C18H15N3O5S/c1-25-12-4-2-3-10-9-13(26-14(10)12)16(22)19-6-7-21-17(23)15-11(5-8-27-15)20-18(21)24/h2-5,8-9,15H,6-7H2,1H3,(H,19,22). The molecule has 2 aliphatic heterocycles. The summed E-state index contributed by atoms with van der Waals surface area (Å²) in [4.78, 5) is 41.7. The zero-order chi connectivity index (χ0) is 19.0. The van der Waals surface area contributed by atoms with Crippen LogP contribution in [0.3, 0.4) is 0 Å². The summed E-state index contributed by atoms with van der Waals surface area (Å²) in [6, 6.07) is 6.36. The molecule has 4 amide bonds. The van der Waals surface area contributed by atoms with Gasteiger partial charge in [-0.2, -0.15) is 4.99 Å². The molecule has 0 spiro atoms. The molecule has 2 aromatic rings. The van der Waals surface area contributed by atoms with E-state index in [1.165, 1.54) is 18.9 Å². The predicted molar refractivity (Wildman–Crippen MR) is 100 cm³/mol. The zero-order valence-electron chi connectivity index (χ0n) is 14.3. The van der Waals surface area contributed by atoms with Gasteiger partial charge >= 0.3 is 6.03 Å². The van der Waals surface area contributed by atoms with E-state index in [2.05, 4.69) is 10.3 Å². The van der Waals surface area contributed by atoms with Crippen LogP contribution in [0.1, 0.15) is 10.6 Å². The number of ether oxygens (including phenoxy) is 1. The number of thioether (sulfide) groups is 1. The molecule has 1 aromatic heterocycles. The Kier molecular flexibility index (Phi) is 4.44. The number of furan rings is 1. The number of para-hydroxylation sites is 1. The van der Waals surface area contributed by atoms with Crippen molar-refractivity contribution in [2.45, 2.75) is 5.25 Å². The minimum Gasteiger partial charge on any atom is -0.493 e. The van der Waals surface area contributed by atoms with Crippen molar-refractivity contribution in [3.63, 3.8) is 0 Å². The number of rotatable bonds is 5. The van der Waals surface area contributed by atoms with E-state index in [0.717, 1.165) is 10.3 Å². The third-order valence-corrected chi connectivity index (χ3v) is 5.25. The number of carbonyl (C=O) groups excluding carboxylic acids is 3. The number of methoxy groups -OCH3 is 1. The van der Waals surface area contributed by atoms with Gasteiger partial charge < -0.3 is 14.5 Å². The average molecular weight is 385 g/mol. The Balaban J connectivity index is 1.40. The van der Waals surface area contributed by atoms with Crippen LogP contribution in [-0.2, 0) is 4.79 Å². The van der Waals surface area contributed by atoms with E-state index in [4.69, 9.17) is 9.15 Å². The molecular formula is C18H15N3O5S. The minimum atomic E-state index is -0.610. The molecule has 1 atom stereocenters. The number of hydrogen-bond donors (Lipinski definition) is 1. The van der Waals surface area contributed by atoms with Crippen LogP contribution in [0.25, 0.3) is 11.0 Å². The second kappa shape index (κ2) is 6.92. The fraction of sp³-hybridized carbons (Fsp3) is 0.222. The van der Waals surface area contributed by atoms with Gasteiger partial charge in [0.2, 0.25) is 5.91 Å². The summed E-state index contributed by atoms with van der Waals surface area (Å²) in [6.07, 6.45) is 1.67. The van der Waals surface area contributed by atoms with Crippen LogP contribution in [0.2, 0.25) is 0 Å². The number of fused-ring (bicyclic) bond motifs is 2. The number of aliphatic imine (C=N–C) groups is 1. The summed E-state index contributed by atoms with van der Waals surface area (Å²) in [7, 11) is 1.52. The Hall–Kier alpha value is -3.07. The first-order chi connectivity index (χ1) is 13.1. The molecule has 27 heavy (non-hydrogen) atoms. The van der Waals surface area contributed by atoms with Crippen molar-refractivity contribution >= 4 is 46.3 Å². The first-order valence-electron chi connectivity index (χ1n) is 8.19. The molecule has 0 saturated heterocycles. The summed E-state index contributed by atoms with van der Waals surface area (Å²) in [5.74, 6) is -0.0944. The van der Waals surface area contributed by atoms with Crippen molar-refractivity contribution in [2.75, 3.05) is 20.2 Å². The molecule has 8 nitrogen and oxygen atoms in total. The quantitative estimate of drug-likeness (QED) is 0.847. The normalized spacial score (nSPS) is 18.6. The molecule has 9 heteroatoms. The number of hydrogen-bond acceptors (Lipinski definition) is 6. The maximum atomic E-state index is 12.4. The molecule has 3 heterocycles. The molecular weight excluding hydrogens is 370 g/mol. The lowest BCUT2D eigenvalue weighted by atomic mass is 10.2. The number of carbonyl (C=O) groups is 3. The highest BCUT2D eigenvalue weighted by molar-refractivity contribution is 8.04. The number of amides is 4. The number of nitrogens with zero attached hydrogens (tertiary/aromatic N) is 2. The largest absolute Gasteiger partial charge is 0.493 e. The average Bonchev–Trinajstić information content (AvgIpc) is 3.30. The lowest BCUT2D eigenvalue weighted by molar-refractivity contribution is -0.126. The van der Waals surface area contributed by atoms with Gasteiger partial charge in [0.25, 0.3) is 5.91 Å². The Bertz CT molecular complexity index is 1010. The third kappa shape index (κ3) is 3.10. The van der Waals surface area contributed by atoms with E-state index in [9.17, 15) is 14.4 Å². The first-order valence-corrected chi connectivity index (χ1v) is 9.13. The maximum Gasteiger partial charge on any atom is 0.350 e. The number of benzene rings is 1. The van der Waals surface area contributed by atoms with Gasteiger partial charge in [-0.3, -0.25) is 14.5 Å². The Labute approximate surface area is 158 Å². The highest BCUT2D eigenvalue weighted by Crippen LogP contribution is 2.29. The van der Waals surface area contributed by atoms with Crippen LogP contribution in [0.15, 0.2) is 45.2 Å². The maximum absolute atomic E-state index is 12.4. The minimum absolute atomic E-state index is 0.0425. The summed E-state index contributed by atoms with van der Waals surface area (Å²) in [6.45, 7) is 0.140. The Morgan fingerprint density at radius 3 is 3.07 bits per heavy atom. The van der Waals surface area contributed by atoms with Gasteiger partial charge in [0, 0.05) is 18.5 Å². The van der Waals surface area contributed by atoms with Gasteiger partial charge in [-0.1, -0.05) is 12.1 Å². The lowest BCUT2D eigenvalue weighted by Crippen LogP contribution is -2.49. The number of imide groups is 1. The predicted octanol–water partition coefficient (Wildman–Crippen LogP) is 2.20. The fourth-order valence-corrected chi connectivity index (χ4v) is 3.80. The SMILES string of the molecule is COc1cccc2cc(C(=O)NCCN3C(=O)N=C4C=CSC4C3=O)oc12. The highest BCUT2D eigenvalue weighted by Gasteiger charge is 2.38. The second-order valence-electron chi connectivity index (χ2n) is 5.87. The smallest absolute Gasteiger partial charge is 0.350 e. The number of nitrogens with one attached hydrogen (secondary N) is 1. The first kappa shape index (κ1) is 17.3. The zero-order valence-corrected chi connectivity index (χ0v) is 15.1. The lowest BCUT2D eigenvalue weighted by Gasteiger charge is -2.25. The van der Waals surface area contributed by atoms with E-state index < -0.39 is 17.2 Å². The van der Waals surface area contributed by atoms with Crippen molar-refractivity contribution in [3.05, 3.63) is 41.5 Å². The molecule has 0 radical (unpaired) electrons. The van der Waals surface area contributed by atoms with Gasteiger partial charge in [0.15, 0.2) is 17.1 Å². The number of urea groups is 1. The van der Waals surface area contributed by atoms with Crippen LogP contribution in [0.4, 0.5) is 4.79 Å². The van der Waals surface area contributed by atoms with Gasteiger partial charge in [-0.25, -0.2) is 4.79 Å². The summed E-state index contributed by atoms with van der Waals surface area (Å²) >= 11 is 1.31. The van der Waals surface area contributed by atoms with Crippen molar-refractivity contribution in [1.82, 2.24) is 10.2 Å². The molecule has 0 saturated carbocycles. The molecule has 4 rings (SSSR count). The van der Waals surface area contributed by atoms with Gasteiger partial charge in [0.1, 0.15) is 5.25 Å². The van der Waals surface area contributed by atoms with Gasteiger partial charge in [-0.15, -0.1) is 11.8 Å². The van der Waals surface area contributed by atoms with E-state index in [1.54, 1.807) is 29.7 Å². The van der Waals surface area contributed by atoms with Crippen LogP contribution >= 0.6 is 11.8 Å². The molecule has 1 aromatic carbocycles. The Morgan fingerprint density at radius 1 is 1.41 bits per heavy atom. The third-order valence-electron chi connectivity index (χ3n) is 4.24. The van der Waals surface area contributed by atoms with E-state index in [-0.39, 0.29) is 24.8 Å². The van der Waals surface area contributed by atoms with Crippen LogP contribution in [0, 0.1) is 0 Å². The molecule has 0 fully saturated rings. The molecule has 0 aliphatic carbocycles. The van der Waals surface area contributed by atoms with Crippen molar-refractivity contribution < 1.29 is 23.5 Å². The molecule has 2 aliphatic rings. The van der Waals surface area contributed by atoms with Crippen molar-refractivity contribution in [1.29, 1.82) is 0 Å². The van der Waals surface area contributed by atoms with Crippen molar-refractivity contribution in [3.8, 4) is 5.75 Å². The second-order valence-corrected chi connectivity index (χ2v) is 6.89. The molecule has 138 valence electrons. The fourth-order valence-electron chi connectivity index (χ4n) is 2.92. The summed E-state index contributed by atoms with van der Waals surface area (Å²) in [5.41, 5.74) is 0.964. The van der Waals surface area contributed by atoms with E-state index in [0.29, 0.717) is 17.0 Å². The monoisotopic (exact) mass is 385 g/mol. The topological polar surface area (TPSA) is 101 Å². The van der Waals surface area contributed by atoms with Crippen molar-refractivity contribution in [2.24, 2.45) is 4.99 Å². The van der Waals surface area contributed by atoms with Crippen LogP contribution < -0.4 is 10.1 Å². The molecule has 1 N–H and O–H groups in total.